The van der Waals surface area contributed by atoms with E-state index in [1.54, 1.807) is 6.92 Å². The summed E-state index contributed by atoms with van der Waals surface area (Å²) in [6, 6.07) is 13.6. The Balaban J connectivity index is 1.58. The average Bonchev–Trinajstić information content (AvgIpc) is 3.37. The number of amides is 2. The number of hydrogen-bond acceptors (Lipinski definition) is 3. The van der Waals surface area contributed by atoms with E-state index in [0.29, 0.717) is 5.75 Å². The molecule has 1 fully saturated rings. The fourth-order valence-electron chi connectivity index (χ4n) is 2.17. The van der Waals surface area contributed by atoms with E-state index >= 15 is 0 Å². The van der Waals surface area contributed by atoms with E-state index in [1.807, 2.05) is 42.5 Å². The lowest BCUT2D eigenvalue weighted by atomic mass is 10.1. The van der Waals surface area contributed by atoms with Gasteiger partial charge in [0, 0.05) is 5.92 Å². The SMILES string of the molecule is C[C@@H](Oc1ccc2ccccc2c1)C(=O)NNC(=O)C1CC1. The molecule has 0 heterocycles. The largest absolute Gasteiger partial charge is 0.481 e. The molecule has 0 unspecified atom stereocenters. The van der Waals surface area contributed by atoms with Crippen molar-refractivity contribution < 1.29 is 14.3 Å². The van der Waals surface area contributed by atoms with Gasteiger partial charge in [0.2, 0.25) is 5.91 Å². The summed E-state index contributed by atoms with van der Waals surface area (Å²) < 4.78 is 5.63. The topological polar surface area (TPSA) is 67.4 Å². The first-order valence-corrected chi connectivity index (χ1v) is 7.38. The van der Waals surface area contributed by atoms with E-state index in [2.05, 4.69) is 10.9 Å². The molecule has 0 bridgehead atoms. The normalized spacial score (nSPS) is 15.1. The first kappa shape index (κ1) is 14.4. The molecule has 0 radical (unpaired) electrons. The second-order valence-corrected chi connectivity index (χ2v) is 5.52. The highest BCUT2D eigenvalue weighted by atomic mass is 16.5. The summed E-state index contributed by atoms with van der Waals surface area (Å²) in [5, 5.41) is 2.17. The number of fused-ring (bicyclic) bond motifs is 1. The predicted octanol–water partition coefficient (Wildman–Crippen LogP) is 2.16. The van der Waals surface area contributed by atoms with E-state index in [9.17, 15) is 9.59 Å². The zero-order valence-corrected chi connectivity index (χ0v) is 12.3. The number of nitrogens with one attached hydrogen (secondary N) is 2. The highest BCUT2D eigenvalue weighted by Crippen LogP contribution is 2.28. The maximum absolute atomic E-state index is 11.9. The maximum Gasteiger partial charge on any atom is 0.279 e. The second-order valence-electron chi connectivity index (χ2n) is 5.52. The summed E-state index contributed by atoms with van der Waals surface area (Å²) in [5.41, 5.74) is 4.82. The van der Waals surface area contributed by atoms with E-state index in [0.717, 1.165) is 23.6 Å². The van der Waals surface area contributed by atoms with Gasteiger partial charge in [0.05, 0.1) is 0 Å². The molecule has 5 nitrogen and oxygen atoms in total. The standard InChI is InChI=1S/C17H18N2O3/c1-11(16(20)18-19-17(21)13-6-7-13)22-15-9-8-12-4-2-3-5-14(12)10-15/h2-5,8-11,13H,6-7H2,1H3,(H,18,20)(H,19,21)/t11-/m1/s1. The lowest BCUT2D eigenvalue weighted by Crippen LogP contribution is -2.47. The van der Waals surface area contributed by atoms with Gasteiger partial charge < -0.3 is 4.74 Å². The number of carbonyl (C=O) groups excluding carboxylic acids is 2. The van der Waals surface area contributed by atoms with Gasteiger partial charge in [-0.3, -0.25) is 20.4 Å². The summed E-state index contributed by atoms with van der Waals surface area (Å²) in [6.45, 7) is 1.65. The summed E-state index contributed by atoms with van der Waals surface area (Å²) in [4.78, 5) is 23.4. The van der Waals surface area contributed by atoms with Gasteiger partial charge in [0.15, 0.2) is 6.10 Å². The zero-order chi connectivity index (χ0) is 15.5. The van der Waals surface area contributed by atoms with Crippen LogP contribution in [0.2, 0.25) is 0 Å². The molecule has 5 heteroatoms. The van der Waals surface area contributed by atoms with Crippen LogP contribution in [-0.2, 0) is 9.59 Å². The van der Waals surface area contributed by atoms with Crippen LogP contribution in [-0.4, -0.2) is 17.9 Å². The Labute approximate surface area is 128 Å². The van der Waals surface area contributed by atoms with Gasteiger partial charge in [-0.1, -0.05) is 30.3 Å². The van der Waals surface area contributed by atoms with E-state index in [1.165, 1.54) is 0 Å². The van der Waals surface area contributed by atoms with Crippen molar-refractivity contribution in [1.82, 2.24) is 10.9 Å². The van der Waals surface area contributed by atoms with Crippen molar-refractivity contribution in [1.29, 1.82) is 0 Å². The van der Waals surface area contributed by atoms with E-state index in [-0.39, 0.29) is 17.7 Å². The van der Waals surface area contributed by atoms with Crippen LogP contribution in [0.3, 0.4) is 0 Å². The van der Waals surface area contributed by atoms with Gasteiger partial charge in [-0.15, -0.1) is 0 Å². The van der Waals surface area contributed by atoms with Crippen molar-refractivity contribution in [2.75, 3.05) is 0 Å². The minimum Gasteiger partial charge on any atom is -0.481 e. The fraction of sp³-hybridized carbons (Fsp3) is 0.294. The first-order valence-electron chi connectivity index (χ1n) is 7.38. The molecule has 1 aliphatic carbocycles. The van der Waals surface area contributed by atoms with Gasteiger partial charge in [-0.25, -0.2) is 0 Å². The highest BCUT2D eigenvalue weighted by Gasteiger charge is 2.30. The average molecular weight is 298 g/mol. The minimum absolute atomic E-state index is 0.0528. The van der Waals surface area contributed by atoms with Crippen LogP contribution in [0.1, 0.15) is 19.8 Å². The Bertz CT molecular complexity index is 710. The summed E-state index contributed by atoms with van der Waals surface area (Å²) >= 11 is 0. The summed E-state index contributed by atoms with van der Waals surface area (Å²) in [5.74, 6) is 0.167. The van der Waals surface area contributed by atoms with Crippen LogP contribution in [0.25, 0.3) is 10.8 Å². The molecule has 0 aromatic heterocycles. The van der Waals surface area contributed by atoms with Gasteiger partial charge in [0.25, 0.3) is 5.91 Å². The second kappa shape index (κ2) is 6.05. The number of benzene rings is 2. The van der Waals surface area contributed by atoms with Gasteiger partial charge in [-0.2, -0.15) is 0 Å². The van der Waals surface area contributed by atoms with Crippen LogP contribution in [0.15, 0.2) is 42.5 Å². The first-order chi connectivity index (χ1) is 10.6. The Morgan fingerprint density at radius 3 is 2.55 bits per heavy atom. The highest BCUT2D eigenvalue weighted by molar-refractivity contribution is 5.87. The minimum atomic E-state index is -0.694. The Morgan fingerprint density at radius 1 is 1.09 bits per heavy atom. The van der Waals surface area contributed by atoms with Crippen LogP contribution in [0, 0.1) is 5.92 Å². The lowest BCUT2D eigenvalue weighted by Gasteiger charge is -2.15. The third kappa shape index (κ3) is 3.36. The number of carbonyl (C=O) groups is 2. The van der Waals surface area contributed by atoms with Crippen LogP contribution < -0.4 is 15.6 Å². The molecule has 114 valence electrons. The maximum atomic E-state index is 11.9. The third-order valence-corrected chi connectivity index (χ3v) is 3.66. The molecule has 2 N–H and O–H groups in total. The van der Waals surface area contributed by atoms with E-state index in [4.69, 9.17) is 4.74 Å². The number of ether oxygens (including phenoxy) is 1. The van der Waals surface area contributed by atoms with E-state index < -0.39 is 6.10 Å². The molecular formula is C17H18N2O3. The predicted molar refractivity (Wildman–Crippen MR) is 83.0 cm³/mol. The molecule has 2 aromatic carbocycles. The number of rotatable bonds is 4. The Kier molecular flexibility index (Phi) is 3.96. The molecule has 1 saturated carbocycles. The van der Waals surface area contributed by atoms with Crippen molar-refractivity contribution in [3.63, 3.8) is 0 Å². The van der Waals surface area contributed by atoms with Crippen LogP contribution in [0.5, 0.6) is 5.75 Å². The van der Waals surface area contributed by atoms with Crippen LogP contribution in [0.4, 0.5) is 0 Å². The van der Waals surface area contributed by atoms with Gasteiger partial charge in [-0.05, 0) is 42.7 Å². The summed E-state index contributed by atoms with van der Waals surface area (Å²) in [6.07, 6.45) is 1.09. The van der Waals surface area contributed by atoms with Crippen molar-refractivity contribution in [2.24, 2.45) is 5.92 Å². The quantitative estimate of drug-likeness (QED) is 0.850. The molecule has 0 aliphatic heterocycles. The molecular weight excluding hydrogens is 280 g/mol. The number of hydrazine groups is 1. The van der Waals surface area contributed by atoms with Crippen molar-refractivity contribution >= 4 is 22.6 Å². The molecule has 2 amide bonds. The van der Waals surface area contributed by atoms with Crippen molar-refractivity contribution in [3.05, 3.63) is 42.5 Å². The van der Waals surface area contributed by atoms with Crippen molar-refractivity contribution in [2.45, 2.75) is 25.9 Å². The third-order valence-electron chi connectivity index (χ3n) is 3.66. The Hall–Kier alpha value is -2.56. The molecule has 1 aliphatic rings. The van der Waals surface area contributed by atoms with Crippen molar-refractivity contribution in [3.8, 4) is 5.75 Å². The number of hydrogen-bond donors (Lipinski definition) is 2. The fourth-order valence-corrected chi connectivity index (χ4v) is 2.17. The monoisotopic (exact) mass is 298 g/mol. The molecule has 1 atom stereocenters. The molecule has 2 aromatic rings. The smallest absolute Gasteiger partial charge is 0.279 e. The lowest BCUT2D eigenvalue weighted by molar-refractivity contribution is -0.133. The van der Waals surface area contributed by atoms with Gasteiger partial charge in [0.1, 0.15) is 5.75 Å². The molecule has 0 saturated heterocycles. The zero-order valence-electron chi connectivity index (χ0n) is 12.3. The van der Waals surface area contributed by atoms with Gasteiger partial charge >= 0.3 is 0 Å². The molecule has 3 rings (SSSR count). The molecule has 22 heavy (non-hydrogen) atoms. The molecule has 0 spiro atoms. The Morgan fingerprint density at radius 2 is 1.82 bits per heavy atom. The summed E-state index contributed by atoms with van der Waals surface area (Å²) in [7, 11) is 0. The van der Waals surface area contributed by atoms with Crippen LogP contribution >= 0.6 is 0 Å².